The normalized spacial score (nSPS) is 20.4. The van der Waals surface area contributed by atoms with Crippen molar-refractivity contribution in [3.05, 3.63) is 35.4 Å². The van der Waals surface area contributed by atoms with Crippen molar-refractivity contribution in [1.29, 1.82) is 0 Å². The molecule has 0 aromatic heterocycles. The molecule has 1 aliphatic rings. The summed E-state index contributed by atoms with van der Waals surface area (Å²) in [6, 6.07) is 7.23. The first kappa shape index (κ1) is 13.0. The fourth-order valence-electron chi connectivity index (χ4n) is 1.71. The Labute approximate surface area is 108 Å². The van der Waals surface area contributed by atoms with Crippen molar-refractivity contribution < 1.29 is 19.7 Å². The molecular formula is C12H15BrO4. The van der Waals surface area contributed by atoms with Crippen LogP contribution in [0.1, 0.15) is 23.5 Å². The molecule has 2 atom stereocenters. The summed E-state index contributed by atoms with van der Waals surface area (Å²) in [5.74, 6) is 0. The molecule has 1 aromatic carbocycles. The second-order valence-electron chi connectivity index (χ2n) is 3.91. The maximum absolute atomic E-state index is 9.80. The largest absolute Gasteiger partial charge is 0.389 e. The first-order valence-electron chi connectivity index (χ1n) is 5.47. The lowest BCUT2D eigenvalue weighted by atomic mass is 10.0. The van der Waals surface area contributed by atoms with Crippen molar-refractivity contribution in [1.82, 2.24) is 0 Å². The highest BCUT2D eigenvalue weighted by Gasteiger charge is 2.20. The van der Waals surface area contributed by atoms with Gasteiger partial charge in [-0.1, -0.05) is 40.2 Å². The van der Waals surface area contributed by atoms with Crippen LogP contribution in [0.3, 0.4) is 0 Å². The van der Waals surface area contributed by atoms with Gasteiger partial charge in [0, 0.05) is 10.9 Å². The van der Waals surface area contributed by atoms with E-state index in [4.69, 9.17) is 9.47 Å². The maximum Gasteiger partial charge on any atom is 0.184 e. The number of rotatable bonds is 4. The quantitative estimate of drug-likeness (QED) is 0.828. The van der Waals surface area contributed by atoms with E-state index in [0.717, 1.165) is 5.56 Å². The van der Waals surface area contributed by atoms with E-state index < -0.39 is 12.2 Å². The van der Waals surface area contributed by atoms with E-state index in [0.29, 0.717) is 24.1 Å². The van der Waals surface area contributed by atoms with E-state index in [1.807, 2.05) is 12.1 Å². The smallest absolute Gasteiger partial charge is 0.184 e. The number of benzene rings is 1. The highest BCUT2D eigenvalue weighted by molar-refractivity contribution is 9.09. The Morgan fingerprint density at radius 1 is 1.18 bits per heavy atom. The van der Waals surface area contributed by atoms with Crippen LogP contribution in [-0.2, 0) is 9.47 Å². The number of alkyl halides is 1. The Morgan fingerprint density at radius 2 is 1.76 bits per heavy atom. The third-order valence-corrected chi connectivity index (χ3v) is 3.36. The monoisotopic (exact) mass is 302 g/mol. The molecule has 1 fully saturated rings. The Balaban J connectivity index is 2.06. The molecule has 0 radical (unpaired) electrons. The molecule has 1 aromatic rings. The minimum Gasteiger partial charge on any atom is -0.389 e. The van der Waals surface area contributed by atoms with Crippen LogP contribution >= 0.6 is 15.9 Å². The summed E-state index contributed by atoms with van der Waals surface area (Å²) in [7, 11) is 0. The van der Waals surface area contributed by atoms with Gasteiger partial charge in [-0.15, -0.1) is 0 Å². The second kappa shape index (κ2) is 5.93. The summed E-state index contributed by atoms with van der Waals surface area (Å²) in [6.07, 6.45) is -1.99. The second-order valence-corrected chi connectivity index (χ2v) is 4.55. The van der Waals surface area contributed by atoms with Gasteiger partial charge in [-0.05, 0) is 5.56 Å². The molecule has 1 heterocycles. The van der Waals surface area contributed by atoms with E-state index in [1.54, 1.807) is 12.1 Å². The molecule has 2 unspecified atom stereocenters. The van der Waals surface area contributed by atoms with Crippen molar-refractivity contribution in [2.24, 2.45) is 0 Å². The van der Waals surface area contributed by atoms with Gasteiger partial charge in [0.05, 0.1) is 19.3 Å². The third kappa shape index (κ3) is 3.05. The van der Waals surface area contributed by atoms with Gasteiger partial charge in [0.2, 0.25) is 0 Å². The van der Waals surface area contributed by atoms with E-state index in [2.05, 4.69) is 15.9 Å². The molecule has 0 saturated carbocycles. The number of aliphatic hydroxyl groups excluding tert-OH is 2. The third-order valence-electron chi connectivity index (χ3n) is 2.69. The highest BCUT2D eigenvalue weighted by Crippen LogP contribution is 2.25. The van der Waals surface area contributed by atoms with Crippen molar-refractivity contribution in [2.45, 2.75) is 18.5 Å². The molecule has 0 aliphatic carbocycles. The number of hydrogen-bond donors (Lipinski definition) is 2. The van der Waals surface area contributed by atoms with Crippen molar-refractivity contribution >= 4 is 15.9 Å². The Morgan fingerprint density at radius 3 is 2.29 bits per heavy atom. The number of hydrogen-bond acceptors (Lipinski definition) is 4. The van der Waals surface area contributed by atoms with Crippen LogP contribution in [0, 0.1) is 0 Å². The Kier molecular flexibility index (Phi) is 4.53. The van der Waals surface area contributed by atoms with Gasteiger partial charge in [0.25, 0.3) is 0 Å². The van der Waals surface area contributed by atoms with E-state index in [1.165, 1.54) is 0 Å². The van der Waals surface area contributed by atoms with Crippen LogP contribution in [0.25, 0.3) is 0 Å². The van der Waals surface area contributed by atoms with E-state index >= 15 is 0 Å². The van der Waals surface area contributed by atoms with Crippen LogP contribution in [0.2, 0.25) is 0 Å². The SMILES string of the molecule is OC(CBr)C(O)c1ccc(C2OCCO2)cc1. The summed E-state index contributed by atoms with van der Waals surface area (Å²) in [4.78, 5) is 0. The lowest BCUT2D eigenvalue weighted by Gasteiger charge is -2.17. The molecule has 4 nitrogen and oxygen atoms in total. The van der Waals surface area contributed by atoms with Gasteiger partial charge in [0.15, 0.2) is 6.29 Å². The summed E-state index contributed by atoms with van der Waals surface area (Å²) in [5, 5.41) is 19.7. The molecule has 1 saturated heterocycles. The van der Waals surface area contributed by atoms with Gasteiger partial charge in [0.1, 0.15) is 6.10 Å². The lowest BCUT2D eigenvalue weighted by molar-refractivity contribution is -0.0441. The van der Waals surface area contributed by atoms with Crippen LogP contribution < -0.4 is 0 Å². The summed E-state index contributed by atoms with van der Waals surface area (Å²) < 4.78 is 10.7. The zero-order valence-electron chi connectivity index (χ0n) is 9.25. The van der Waals surface area contributed by atoms with Crippen LogP contribution in [0.15, 0.2) is 24.3 Å². The maximum atomic E-state index is 9.80. The lowest BCUT2D eigenvalue weighted by Crippen LogP contribution is -2.19. The van der Waals surface area contributed by atoms with Gasteiger partial charge in [-0.3, -0.25) is 0 Å². The highest BCUT2D eigenvalue weighted by atomic mass is 79.9. The van der Waals surface area contributed by atoms with Gasteiger partial charge >= 0.3 is 0 Å². The predicted octanol–water partition coefficient (Wildman–Crippen LogP) is 1.52. The van der Waals surface area contributed by atoms with Gasteiger partial charge < -0.3 is 19.7 Å². The fourth-order valence-corrected chi connectivity index (χ4v) is 2.06. The zero-order valence-corrected chi connectivity index (χ0v) is 10.8. The first-order chi connectivity index (χ1) is 8.22. The Hall–Kier alpha value is -0.460. The van der Waals surface area contributed by atoms with Crippen molar-refractivity contribution in [3.63, 3.8) is 0 Å². The van der Waals surface area contributed by atoms with E-state index in [9.17, 15) is 10.2 Å². The zero-order chi connectivity index (χ0) is 12.3. The minimum atomic E-state index is -0.881. The van der Waals surface area contributed by atoms with Gasteiger partial charge in [-0.2, -0.15) is 0 Å². The molecule has 5 heteroatoms. The molecule has 2 rings (SSSR count). The topological polar surface area (TPSA) is 58.9 Å². The molecule has 94 valence electrons. The fraction of sp³-hybridized carbons (Fsp3) is 0.500. The van der Waals surface area contributed by atoms with Crippen LogP contribution in [-0.4, -0.2) is 34.9 Å². The minimum absolute atomic E-state index is 0.303. The predicted molar refractivity (Wildman–Crippen MR) is 65.8 cm³/mol. The standard InChI is InChI=1S/C12H15BrO4/c13-7-10(14)11(15)8-1-3-9(4-2-8)12-16-5-6-17-12/h1-4,10-12,14-15H,5-7H2. The van der Waals surface area contributed by atoms with Crippen molar-refractivity contribution in [3.8, 4) is 0 Å². The van der Waals surface area contributed by atoms with Crippen LogP contribution in [0.5, 0.6) is 0 Å². The average molecular weight is 303 g/mol. The molecule has 1 aliphatic heterocycles. The van der Waals surface area contributed by atoms with Crippen LogP contribution in [0.4, 0.5) is 0 Å². The average Bonchev–Trinajstić information content (AvgIpc) is 2.91. The number of aliphatic hydroxyl groups is 2. The molecule has 2 N–H and O–H groups in total. The van der Waals surface area contributed by atoms with E-state index in [-0.39, 0.29) is 6.29 Å². The summed E-state index contributed by atoms with van der Waals surface area (Å²) in [6.45, 7) is 1.22. The van der Waals surface area contributed by atoms with Gasteiger partial charge in [-0.25, -0.2) is 0 Å². The summed E-state index contributed by atoms with van der Waals surface area (Å²) in [5.41, 5.74) is 1.60. The molecule has 0 spiro atoms. The first-order valence-corrected chi connectivity index (χ1v) is 6.59. The van der Waals surface area contributed by atoms with Crippen molar-refractivity contribution in [2.75, 3.05) is 18.5 Å². The molecule has 0 bridgehead atoms. The Bertz CT molecular complexity index is 348. The number of ether oxygens (including phenoxy) is 2. The number of halogens is 1. The summed E-state index contributed by atoms with van der Waals surface area (Å²) >= 11 is 3.13. The molecule has 0 amide bonds. The molecular weight excluding hydrogens is 288 g/mol. The molecule has 17 heavy (non-hydrogen) atoms.